The van der Waals surface area contributed by atoms with Gasteiger partial charge in [-0.15, -0.1) is 5.10 Å². The van der Waals surface area contributed by atoms with Crippen molar-refractivity contribution in [3.05, 3.63) is 24.3 Å². The number of rotatable bonds is 4. The lowest BCUT2D eigenvalue weighted by atomic mass is 9.79. The number of aromatic nitrogens is 4. The summed E-state index contributed by atoms with van der Waals surface area (Å²) in [4.78, 5) is 12.7. The Morgan fingerprint density at radius 3 is 2.87 bits per heavy atom. The van der Waals surface area contributed by atoms with Crippen LogP contribution < -0.4 is 11.1 Å². The van der Waals surface area contributed by atoms with Crippen LogP contribution in [0.4, 0.5) is 5.69 Å². The highest BCUT2D eigenvalue weighted by atomic mass is 16.5. The van der Waals surface area contributed by atoms with Crippen LogP contribution in [0.5, 0.6) is 0 Å². The molecule has 122 valence electrons. The van der Waals surface area contributed by atoms with Crippen LogP contribution >= 0.6 is 0 Å². The van der Waals surface area contributed by atoms with Crippen LogP contribution in [0.15, 0.2) is 24.3 Å². The quantitative estimate of drug-likeness (QED) is 0.854. The van der Waals surface area contributed by atoms with E-state index in [0.29, 0.717) is 44.1 Å². The lowest BCUT2D eigenvalue weighted by Gasteiger charge is -2.34. The Hall–Kier alpha value is -2.32. The van der Waals surface area contributed by atoms with Crippen molar-refractivity contribution < 1.29 is 9.53 Å². The molecule has 0 atom stereocenters. The average Bonchev–Trinajstić information content (AvgIpc) is 3.01. The Kier molecular flexibility index (Phi) is 4.35. The first-order valence-corrected chi connectivity index (χ1v) is 7.57. The Bertz CT molecular complexity index is 693. The van der Waals surface area contributed by atoms with Crippen LogP contribution in [0.25, 0.3) is 11.4 Å². The lowest BCUT2D eigenvalue weighted by molar-refractivity contribution is -0.130. The van der Waals surface area contributed by atoms with Gasteiger partial charge in [-0.25, -0.2) is 4.68 Å². The van der Waals surface area contributed by atoms with Crippen LogP contribution in [-0.2, 0) is 16.6 Å². The molecule has 1 amide bonds. The SMILES string of the molecule is Cn1nnnc1-c1cccc(NC(=O)C2(CN)CCOCC2)c1. The number of nitrogens with two attached hydrogens (primary N) is 1. The van der Waals surface area contributed by atoms with Crippen LogP contribution in [0.1, 0.15) is 12.8 Å². The molecule has 1 aliphatic rings. The van der Waals surface area contributed by atoms with Gasteiger partial charge in [-0.1, -0.05) is 12.1 Å². The van der Waals surface area contributed by atoms with Crippen LogP contribution in [-0.4, -0.2) is 45.9 Å². The molecule has 2 heterocycles. The van der Waals surface area contributed by atoms with E-state index in [1.807, 2.05) is 24.3 Å². The Balaban J connectivity index is 1.80. The molecule has 0 aliphatic carbocycles. The summed E-state index contributed by atoms with van der Waals surface area (Å²) in [5.41, 5.74) is 6.86. The van der Waals surface area contributed by atoms with Gasteiger partial charge >= 0.3 is 0 Å². The van der Waals surface area contributed by atoms with Gasteiger partial charge in [0.05, 0.1) is 5.41 Å². The molecule has 1 aromatic carbocycles. The second-order valence-electron chi connectivity index (χ2n) is 5.76. The zero-order valence-electron chi connectivity index (χ0n) is 13.0. The predicted octanol–water partition coefficient (Wildman–Crippen LogP) is 0.571. The zero-order valence-corrected chi connectivity index (χ0v) is 13.0. The fourth-order valence-corrected chi connectivity index (χ4v) is 2.76. The molecule has 3 N–H and O–H groups in total. The van der Waals surface area contributed by atoms with Crippen molar-refractivity contribution in [2.45, 2.75) is 12.8 Å². The van der Waals surface area contributed by atoms with Crippen molar-refractivity contribution in [3.8, 4) is 11.4 Å². The number of ether oxygens (including phenoxy) is 1. The fourth-order valence-electron chi connectivity index (χ4n) is 2.76. The second-order valence-corrected chi connectivity index (χ2v) is 5.76. The minimum Gasteiger partial charge on any atom is -0.381 e. The van der Waals surface area contributed by atoms with Crippen molar-refractivity contribution in [2.24, 2.45) is 18.2 Å². The molecule has 8 nitrogen and oxygen atoms in total. The largest absolute Gasteiger partial charge is 0.381 e. The number of tetrazole rings is 1. The predicted molar refractivity (Wildman–Crippen MR) is 84.4 cm³/mol. The highest BCUT2D eigenvalue weighted by Crippen LogP contribution is 2.31. The highest BCUT2D eigenvalue weighted by Gasteiger charge is 2.38. The summed E-state index contributed by atoms with van der Waals surface area (Å²) >= 11 is 0. The van der Waals surface area contributed by atoms with Crippen molar-refractivity contribution in [3.63, 3.8) is 0 Å². The first-order valence-electron chi connectivity index (χ1n) is 7.57. The molecule has 1 aliphatic heterocycles. The number of hydrogen-bond donors (Lipinski definition) is 2. The van der Waals surface area contributed by atoms with E-state index >= 15 is 0 Å². The van der Waals surface area contributed by atoms with Gasteiger partial charge in [-0.3, -0.25) is 4.79 Å². The molecule has 23 heavy (non-hydrogen) atoms. The number of nitrogens with zero attached hydrogens (tertiary/aromatic N) is 4. The maximum absolute atomic E-state index is 12.7. The normalized spacial score (nSPS) is 17.0. The molecule has 3 rings (SSSR count). The van der Waals surface area contributed by atoms with E-state index in [2.05, 4.69) is 20.8 Å². The molecule has 0 bridgehead atoms. The van der Waals surface area contributed by atoms with Gasteiger partial charge in [0, 0.05) is 38.1 Å². The van der Waals surface area contributed by atoms with Crippen molar-refractivity contribution in [2.75, 3.05) is 25.1 Å². The number of nitrogens with one attached hydrogen (secondary N) is 1. The summed E-state index contributed by atoms with van der Waals surface area (Å²) in [6, 6.07) is 7.45. The van der Waals surface area contributed by atoms with E-state index < -0.39 is 5.41 Å². The number of aryl methyl sites for hydroxylation is 1. The summed E-state index contributed by atoms with van der Waals surface area (Å²) in [6.45, 7) is 1.44. The molecule has 2 aromatic rings. The fraction of sp³-hybridized carbons (Fsp3) is 0.467. The van der Waals surface area contributed by atoms with E-state index in [-0.39, 0.29) is 5.91 Å². The Morgan fingerprint density at radius 2 is 2.22 bits per heavy atom. The van der Waals surface area contributed by atoms with Gasteiger partial charge in [-0.05, 0) is 35.4 Å². The minimum atomic E-state index is -0.555. The third-order valence-corrected chi connectivity index (χ3v) is 4.32. The first-order chi connectivity index (χ1) is 11.1. The molecule has 1 fully saturated rings. The standard InChI is InChI=1S/C15H20N6O2/c1-21-13(18-19-20-21)11-3-2-4-12(9-11)17-14(22)15(10-16)5-7-23-8-6-15/h2-4,9H,5-8,10,16H2,1H3,(H,17,22). The molecule has 0 spiro atoms. The van der Waals surface area contributed by atoms with E-state index in [1.54, 1.807) is 11.7 Å². The van der Waals surface area contributed by atoms with Gasteiger partial charge in [-0.2, -0.15) is 0 Å². The molecule has 1 saturated heterocycles. The van der Waals surface area contributed by atoms with Gasteiger partial charge in [0.15, 0.2) is 5.82 Å². The summed E-state index contributed by atoms with van der Waals surface area (Å²) in [5.74, 6) is 0.581. The smallest absolute Gasteiger partial charge is 0.232 e. The van der Waals surface area contributed by atoms with Gasteiger partial charge in [0.1, 0.15) is 0 Å². The van der Waals surface area contributed by atoms with Gasteiger partial charge in [0.2, 0.25) is 5.91 Å². The summed E-state index contributed by atoms with van der Waals surface area (Å²) in [7, 11) is 1.77. The molecule has 0 radical (unpaired) electrons. The van der Waals surface area contributed by atoms with Crippen LogP contribution in [0.3, 0.4) is 0 Å². The number of anilines is 1. The number of benzene rings is 1. The number of carbonyl (C=O) groups is 1. The third kappa shape index (κ3) is 3.08. The molecular formula is C15H20N6O2. The summed E-state index contributed by atoms with van der Waals surface area (Å²) in [5, 5.41) is 14.4. The van der Waals surface area contributed by atoms with Crippen LogP contribution in [0.2, 0.25) is 0 Å². The third-order valence-electron chi connectivity index (χ3n) is 4.32. The maximum atomic E-state index is 12.7. The molecular weight excluding hydrogens is 296 g/mol. The summed E-state index contributed by atoms with van der Waals surface area (Å²) < 4.78 is 6.93. The van der Waals surface area contributed by atoms with Crippen molar-refractivity contribution >= 4 is 11.6 Å². The number of carbonyl (C=O) groups excluding carboxylic acids is 1. The monoisotopic (exact) mass is 316 g/mol. The Labute approximate surface area is 134 Å². The summed E-state index contributed by atoms with van der Waals surface area (Å²) in [6.07, 6.45) is 1.28. The van der Waals surface area contributed by atoms with E-state index in [0.717, 1.165) is 5.56 Å². The average molecular weight is 316 g/mol. The molecule has 1 aromatic heterocycles. The Morgan fingerprint density at radius 1 is 1.43 bits per heavy atom. The topological polar surface area (TPSA) is 108 Å². The van der Waals surface area contributed by atoms with E-state index in [1.165, 1.54) is 0 Å². The molecule has 0 unspecified atom stereocenters. The maximum Gasteiger partial charge on any atom is 0.232 e. The van der Waals surface area contributed by atoms with E-state index in [4.69, 9.17) is 10.5 Å². The molecule has 8 heteroatoms. The number of hydrogen-bond acceptors (Lipinski definition) is 6. The first kappa shape index (κ1) is 15.6. The lowest BCUT2D eigenvalue weighted by Crippen LogP contribution is -2.46. The number of amides is 1. The van der Waals surface area contributed by atoms with Gasteiger partial charge < -0.3 is 15.8 Å². The van der Waals surface area contributed by atoms with E-state index in [9.17, 15) is 4.79 Å². The second kappa shape index (κ2) is 6.43. The minimum absolute atomic E-state index is 0.0588. The van der Waals surface area contributed by atoms with Crippen molar-refractivity contribution in [1.82, 2.24) is 20.2 Å². The highest BCUT2D eigenvalue weighted by molar-refractivity contribution is 5.96. The van der Waals surface area contributed by atoms with Crippen molar-refractivity contribution in [1.29, 1.82) is 0 Å². The zero-order chi connectivity index (χ0) is 16.3. The van der Waals surface area contributed by atoms with Gasteiger partial charge in [0.25, 0.3) is 0 Å². The van der Waals surface area contributed by atoms with Crippen LogP contribution in [0, 0.1) is 5.41 Å². The molecule has 0 saturated carbocycles.